The number of hydrogen-bond donors (Lipinski definition) is 1. The molecule has 2 N–H and O–H groups in total. The molecule has 2 atom stereocenters. The summed E-state index contributed by atoms with van der Waals surface area (Å²) in [5.41, 5.74) is 6.69. The molecule has 1 amide bonds. The van der Waals surface area contributed by atoms with Gasteiger partial charge in [0.25, 0.3) is 0 Å². The lowest BCUT2D eigenvalue weighted by atomic mass is 10.0. The Bertz CT molecular complexity index is 493. The molecule has 5 heteroatoms. The molecule has 21 heavy (non-hydrogen) atoms. The summed E-state index contributed by atoms with van der Waals surface area (Å²) in [7, 11) is 1.63. The molecule has 116 valence electrons. The van der Waals surface area contributed by atoms with Crippen molar-refractivity contribution in [3.63, 3.8) is 0 Å². The molecular weight excluding hydrogens is 268 g/mol. The van der Waals surface area contributed by atoms with E-state index >= 15 is 0 Å². The predicted octanol–water partition coefficient (Wildman–Crippen LogP) is 2.70. The van der Waals surface area contributed by atoms with E-state index in [0.29, 0.717) is 6.54 Å². The van der Waals surface area contributed by atoms with Crippen LogP contribution in [0.5, 0.6) is 5.75 Å². The maximum atomic E-state index is 12.3. The Hall–Kier alpha value is -1.75. The van der Waals surface area contributed by atoms with E-state index in [-0.39, 0.29) is 18.2 Å². The Kier molecular flexibility index (Phi) is 4.42. The normalized spacial score (nSPS) is 22.2. The molecule has 1 heterocycles. The quantitative estimate of drug-likeness (QED) is 0.910. The number of benzene rings is 1. The molecule has 0 aliphatic carbocycles. The summed E-state index contributed by atoms with van der Waals surface area (Å²) in [6.07, 6.45) is 0.465. The Morgan fingerprint density at radius 2 is 1.90 bits per heavy atom. The van der Waals surface area contributed by atoms with Gasteiger partial charge in [-0.25, -0.2) is 4.79 Å². The number of nitrogens with two attached hydrogens (primary N) is 1. The van der Waals surface area contributed by atoms with Crippen LogP contribution in [0.15, 0.2) is 24.3 Å². The molecule has 2 rings (SSSR count). The fourth-order valence-electron chi connectivity index (χ4n) is 2.57. The van der Waals surface area contributed by atoms with Crippen molar-refractivity contribution >= 4 is 6.09 Å². The van der Waals surface area contributed by atoms with E-state index in [1.165, 1.54) is 0 Å². The van der Waals surface area contributed by atoms with Crippen LogP contribution in [-0.4, -0.2) is 36.3 Å². The second-order valence-electron chi connectivity index (χ2n) is 6.34. The smallest absolute Gasteiger partial charge is 0.410 e. The topological polar surface area (TPSA) is 64.8 Å². The number of rotatable bonds is 2. The van der Waals surface area contributed by atoms with E-state index in [1.54, 1.807) is 12.0 Å². The molecular formula is C16H24N2O3. The summed E-state index contributed by atoms with van der Waals surface area (Å²) in [6, 6.07) is 7.44. The van der Waals surface area contributed by atoms with Gasteiger partial charge in [-0.3, -0.25) is 4.90 Å². The molecule has 0 radical (unpaired) electrons. The van der Waals surface area contributed by atoms with Crippen LogP contribution in [0.1, 0.15) is 38.8 Å². The van der Waals surface area contributed by atoms with Crippen LogP contribution >= 0.6 is 0 Å². The highest BCUT2D eigenvalue weighted by Crippen LogP contribution is 2.33. The summed E-state index contributed by atoms with van der Waals surface area (Å²) >= 11 is 0. The third-order valence-corrected chi connectivity index (χ3v) is 3.53. The Labute approximate surface area is 126 Å². The first-order chi connectivity index (χ1) is 9.81. The highest BCUT2D eigenvalue weighted by molar-refractivity contribution is 5.69. The van der Waals surface area contributed by atoms with Crippen molar-refractivity contribution in [1.29, 1.82) is 0 Å². The number of carbonyl (C=O) groups is 1. The zero-order chi connectivity index (χ0) is 15.6. The van der Waals surface area contributed by atoms with Gasteiger partial charge >= 0.3 is 6.09 Å². The second-order valence-corrected chi connectivity index (χ2v) is 6.34. The highest BCUT2D eigenvalue weighted by atomic mass is 16.6. The van der Waals surface area contributed by atoms with Gasteiger partial charge in [-0.05, 0) is 44.9 Å². The number of ether oxygens (including phenoxy) is 2. The number of carbonyl (C=O) groups excluding carboxylic acids is 1. The van der Waals surface area contributed by atoms with Crippen LogP contribution in [0.4, 0.5) is 4.79 Å². The van der Waals surface area contributed by atoms with Crippen LogP contribution in [0.2, 0.25) is 0 Å². The maximum absolute atomic E-state index is 12.3. The molecule has 1 aliphatic rings. The zero-order valence-corrected chi connectivity index (χ0v) is 13.1. The number of nitrogens with zero attached hydrogens (tertiary/aromatic N) is 1. The minimum atomic E-state index is -0.506. The van der Waals surface area contributed by atoms with Gasteiger partial charge in [0.1, 0.15) is 11.4 Å². The van der Waals surface area contributed by atoms with Crippen molar-refractivity contribution in [2.24, 2.45) is 5.73 Å². The largest absolute Gasteiger partial charge is 0.497 e. The third kappa shape index (κ3) is 3.67. The minimum absolute atomic E-state index is 0.0779. The van der Waals surface area contributed by atoms with Gasteiger partial charge < -0.3 is 15.2 Å². The van der Waals surface area contributed by atoms with Gasteiger partial charge in [-0.15, -0.1) is 0 Å². The van der Waals surface area contributed by atoms with E-state index in [1.807, 2.05) is 45.0 Å². The average molecular weight is 292 g/mol. The van der Waals surface area contributed by atoms with Crippen molar-refractivity contribution in [3.8, 4) is 5.75 Å². The predicted molar refractivity (Wildman–Crippen MR) is 81.3 cm³/mol. The fraction of sp³-hybridized carbons (Fsp3) is 0.562. The molecule has 0 aromatic heterocycles. The SMILES string of the molecule is COc1ccc([C@@H]2[C@@H](N)CCN2C(=O)OC(C)(C)C)cc1. The summed E-state index contributed by atoms with van der Waals surface area (Å²) < 4.78 is 10.6. The van der Waals surface area contributed by atoms with Gasteiger partial charge in [0, 0.05) is 12.6 Å². The first-order valence-electron chi connectivity index (χ1n) is 7.21. The van der Waals surface area contributed by atoms with Crippen LogP contribution < -0.4 is 10.5 Å². The first-order valence-corrected chi connectivity index (χ1v) is 7.21. The summed E-state index contributed by atoms with van der Waals surface area (Å²) in [5, 5.41) is 0. The van der Waals surface area contributed by atoms with E-state index in [0.717, 1.165) is 17.7 Å². The van der Waals surface area contributed by atoms with E-state index in [9.17, 15) is 4.79 Å². The van der Waals surface area contributed by atoms with Crippen LogP contribution in [0.3, 0.4) is 0 Å². The van der Waals surface area contributed by atoms with Crippen LogP contribution in [0, 0.1) is 0 Å². The minimum Gasteiger partial charge on any atom is -0.497 e. The number of methoxy groups -OCH3 is 1. The summed E-state index contributed by atoms with van der Waals surface area (Å²) in [4.78, 5) is 14.1. The summed E-state index contributed by atoms with van der Waals surface area (Å²) in [6.45, 7) is 6.21. The molecule has 1 fully saturated rings. The van der Waals surface area contributed by atoms with Crippen molar-refractivity contribution in [2.45, 2.75) is 44.9 Å². The van der Waals surface area contributed by atoms with Crippen molar-refractivity contribution < 1.29 is 14.3 Å². The lowest BCUT2D eigenvalue weighted by Crippen LogP contribution is -2.39. The second kappa shape index (κ2) is 5.93. The molecule has 1 saturated heterocycles. The standard InChI is InChI=1S/C16H24N2O3/c1-16(2,3)21-15(19)18-10-9-13(17)14(18)11-5-7-12(20-4)8-6-11/h5-8,13-14H,9-10,17H2,1-4H3/t13-,14+/m0/s1. The molecule has 0 unspecified atom stereocenters. The summed E-state index contributed by atoms with van der Waals surface area (Å²) in [5.74, 6) is 0.786. The number of hydrogen-bond acceptors (Lipinski definition) is 4. The molecule has 0 saturated carbocycles. The Morgan fingerprint density at radius 1 is 1.29 bits per heavy atom. The van der Waals surface area contributed by atoms with Gasteiger partial charge in [0.15, 0.2) is 0 Å². The Balaban J connectivity index is 2.19. The van der Waals surface area contributed by atoms with Crippen molar-refractivity contribution in [3.05, 3.63) is 29.8 Å². The molecule has 1 aromatic carbocycles. The van der Waals surface area contributed by atoms with Gasteiger partial charge in [0.05, 0.1) is 13.2 Å². The maximum Gasteiger partial charge on any atom is 0.410 e. The van der Waals surface area contributed by atoms with E-state index in [4.69, 9.17) is 15.2 Å². The van der Waals surface area contributed by atoms with Crippen molar-refractivity contribution in [1.82, 2.24) is 4.90 Å². The zero-order valence-electron chi connectivity index (χ0n) is 13.1. The highest BCUT2D eigenvalue weighted by Gasteiger charge is 2.38. The van der Waals surface area contributed by atoms with Crippen LogP contribution in [0.25, 0.3) is 0 Å². The molecule has 5 nitrogen and oxygen atoms in total. The average Bonchev–Trinajstić information content (AvgIpc) is 2.79. The third-order valence-electron chi connectivity index (χ3n) is 3.53. The monoisotopic (exact) mass is 292 g/mol. The van der Waals surface area contributed by atoms with Gasteiger partial charge in [-0.1, -0.05) is 12.1 Å². The molecule has 1 aliphatic heterocycles. The lowest BCUT2D eigenvalue weighted by Gasteiger charge is -2.30. The van der Waals surface area contributed by atoms with E-state index in [2.05, 4.69) is 0 Å². The Morgan fingerprint density at radius 3 is 2.43 bits per heavy atom. The van der Waals surface area contributed by atoms with Gasteiger partial charge in [-0.2, -0.15) is 0 Å². The number of amides is 1. The van der Waals surface area contributed by atoms with Gasteiger partial charge in [0.2, 0.25) is 0 Å². The number of likely N-dealkylation sites (tertiary alicyclic amines) is 1. The molecule has 0 spiro atoms. The molecule has 1 aromatic rings. The van der Waals surface area contributed by atoms with E-state index < -0.39 is 5.60 Å². The lowest BCUT2D eigenvalue weighted by molar-refractivity contribution is 0.0218. The van der Waals surface area contributed by atoms with Crippen LogP contribution in [-0.2, 0) is 4.74 Å². The van der Waals surface area contributed by atoms with Crippen molar-refractivity contribution in [2.75, 3.05) is 13.7 Å². The molecule has 0 bridgehead atoms. The first kappa shape index (κ1) is 15.6. The fourth-order valence-corrected chi connectivity index (χ4v) is 2.57.